The zero-order valence-corrected chi connectivity index (χ0v) is 9.05. The smallest absolute Gasteiger partial charge is 0.168 e. The van der Waals surface area contributed by atoms with E-state index in [1.807, 2.05) is 0 Å². The molecule has 1 aromatic rings. The van der Waals surface area contributed by atoms with Gasteiger partial charge in [0, 0.05) is 17.2 Å². The molecule has 0 aliphatic heterocycles. The maximum Gasteiger partial charge on any atom is 0.168 e. The Hall–Kier alpha value is -1.38. The van der Waals surface area contributed by atoms with E-state index in [1.54, 1.807) is 0 Å². The molecule has 0 spiro atoms. The minimum absolute atomic E-state index is 0.0334. The number of Topliss-reactive ketones (excluding diaryl/α,β-unsaturated/α-hetero) is 1. The standard InChI is InChI=1S/C13H14FNO/c14-11-6-10(13(16)7-4-5-7)12(15)9-3-1-2-8(9)11/h6-7H,1-5,15H2. The molecule has 0 bridgehead atoms. The fourth-order valence-electron chi connectivity index (χ4n) is 2.53. The lowest BCUT2D eigenvalue weighted by molar-refractivity contribution is 0.0968. The third kappa shape index (κ3) is 1.34. The Bertz CT molecular complexity index is 477. The highest BCUT2D eigenvalue weighted by atomic mass is 19.1. The van der Waals surface area contributed by atoms with Crippen LogP contribution in [-0.4, -0.2) is 5.78 Å². The van der Waals surface area contributed by atoms with Crippen LogP contribution in [0.2, 0.25) is 0 Å². The average Bonchev–Trinajstić information content (AvgIpc) is 2.99. The molecule has 3 rings (SSSR count). The number of carbonyl (C=O) groups is 1. The van der Waals surface area contributed by atoms with Gasteiger partial charge < -0.3 is 5.73 Å². The van der Waals surface area contributed by atoms with Crippen molar-refractivity contribution in [1.82, 2.24) is 0 Å². The highest BCUT2D eigenvalue weighted by molar-refractivity contribution is 6.04. The molecule has 16 heavy (non-hydrogen) atoms. The van der Waals surface area contributed by atoms with Crippen molar-refractivity contribution in [2.24, 2.45) is 5.92 Å². The van der Waals surface area contributed by atoms with Crippen LogP contribution in [0.3, 0.4) is 0 Å². The molecule has 0 unspecified atom stereocenters. The molecular formula is C13H14FNO. The number of fused-ring (bicyclic) bond motifs is 1. The van der Waals surface area contributed by atoms with Crippen LogP contribution in [-0.2, 0) is 12.8 Å². The van der Waals surface area contributed by atoms with Crippen LogP contribution in [0.15, 0.2) is 6.07 Å². The van der Waals surface area contributed by atoms with Crippen LogP contribution in [0.4, 0.5) is 10.1 Å². The minimum Gasteiger partial charge on any atom is -0.398 e. The number of nitrogens with two attached hydrogens (primary N) is 1. The van der Waals surface area contributed by atoms with Crippen molar-refractivity contribution in [2.45, 2.75) is 32.1 Å². The van der Waals surface area contributed by atoms with E-state index < -0.39 is 0 Å². The summed E-state index contributed by atoms with van der Waals surface area (Å²) in [6, 6.07) is 1.35. The van der Waals surface area contributed by atoms with Gasteiger partial charge in [0.25, 0.3) is 0 Å². The van der Waals surface area contributed by atoms with E-state index >= 15 is 0 Å². The summed E-state index contributed by atoms with van der Waals surface area (Å²) in [7, 11) is 0. The topological polar surface area (TPSA) is 43.1 Å². The van der Waals surface area contributed by atoms with E-state index in [1.165, 1.54) is 6.07 Å². The predicted molar refractivity (Wildman–Crippen MR) is 59.9 cm³/mol. The molecule has 2 aliphatic rings. The molecule has 0 atom stereocenters. The fraction of sp³-hybridized carbons (Fsp3) is 0.462. The van der Waals surface area contributed by atoms with E-state index in [-0.39, 0.29) is 17.5 Å². The van der Waals surface area contributed by atoms with Gasteiger partial charge in [0.15, 0.2) is 5.78 Å². The zero-order chi connectivity index (χ0) is 11.3. The Morgan fingerprint density at radius 3 is 2.69 bits per heavy atom. The number of nitrogen functional groups attached to an aromatic ring is 1. The molecule has 0 heterocycles. The zero-order valence-electron chi connectivity index (χ0n) is 9.05. The maximum absolute atomic E-state index is 13.8. The molecule has 0 aromatic heterocycles. The molecule has 0 radical (unpaired) electrons. The van der Waals surface area contributed by atoms with E-state index in [0.717, 1.165) is 43.2 Å². The van der Waals surface area contributed by atoms with Gasteiger partial charge >= 0.3 is 0 Å². The lowest BCUT2D eigenvalue weighted by Gasteiger charge is -2.10. The van der Waals surface area contributed by atoms with Crippen molar-refractivity contribution < 1.29 is 9.18 Å². The Morgan fingerprint density at radius 2 is 2.00 bits per heavy atom. The molecule has 3 heteroatoms. The summed E-state index contributed by atoms with van der Waals surface area (Å²) in [6.45, 7) is 0. The second kappa shape index (κ2) is 3.30. The molecular weight excluding hydrogens is 205 g/mol. The second-order valence-corrected chi connectivity index (χ2v) is 4.77. The number of carbonyl (C=O) groups excluding carboxylic acids is 1. The summed E-state index contributed by atoms with van der Waals surface area (Å²) in [5.41, 5.74) is 8.54. The van der Waals surface area contributed by atoms with Crippen molar-refractivity contribution in [3.05, 3.63) is 28.6 Å². The van der Waals surface area contributed by atoms with Crippen molar-refractivity contribution in [3.8, 4) is 0 Å². The third-order valence-corrected chi connectivity index (χ3v) is 3.61. The third-order valence-electron chi connectivity index (χ3n) is 3.61. The summed E-state index contributed by atoms with van der Waals surface area (Å²) in [5, 5.41) is 0. The van der Waals surface area contributed by atoms with E-state index in [4.69, 9.17) is 5.73 Å². The Labute approximate surface area is 93.6 Å². The van der Waals surface area contributed by atoms with Crippen LogP contribution >= 0.6 is 0 Å². The van der Waals surface area contributed by atoms with Gasteiger partial charge in [-0.1, -0.05) is 0 Å². The number of anilines is 1. The van der Waals surface area contributed by atoms with Gasteiger partial charge in [-0.2, -0.15) is 0 Å². The minimum atomic E-state index is -0.245. The fourth-order valence-corrected chi connectivity index (χ4v) is 2.53. The summed E-state index contributed by atoms with van der Waals surface area (Å²) >= 11 is 0. The van der Waals surface area contributed by atoms with Gasteiger partial charge in [0.05, 0.1) is 0 Å². The van der Waals surface area contributed by atoms with Gasteiger partial charge in [-0.25, -0.2) is 4.39 Å². The van der Waals surface area contributed by atoms with Crippen molar-refractivity contribution >= 4 is 11.5 Å². The highest BCUT2D eigenvalue weighted by Crippen LogP contribution is 2.38. The Balaban J connectivity index is 2.12. The highest BCUT2D eigenvalue weighted by Gasteiger charge is 2.33. The molecule has 2 N–H and O–H groups in total. The maximum atomic E-state index is 13.8. The molecule has 0 saturated heterocycles. The summed E-state index contributed by atoms with van der Waals surface area (Å²) in [4.78, 5) is 11.9. The van der Waals surface area contributed by atoms with Gasteiger partial charge in [-0.05, 0) is 49.3 Å². The molecule has 1 saturated carbocycles. The normalized spacial score (nSPS) is 18.6. The van der Waals surface area contributed by atoms with Crippen LogP contribution in [0.5, 0.6) is 0 Å². The number of halogens is 1. The Kier molecular flexibility index (Phi) is 2.03. The molecule has 1 aromatic carbocycles. The van der Waals surface area contributed by atoms with Gasteiger partial charge in [-0.3, -0.25) is 4.79 Å². The number of ketones is 1. The first-order chi connectivity index (χ1) is 7.68. The number of rotatable bonds is 2. The Morgan fingerprint density at radius 1 is 1.31 bits per heavy atom. The first kappa shape index (κ1) is 9.82. The lowest BCUT2D eigenvalue weighted by Crippen LogP contribution is -2.09. The lowest BCUT2D eigenvalue weighted by atomic mass is 9.98. The monoisotopic (exact) mass is 219 g/mol. The summed E-state index contributed by atoms with van der Waals surface area (Å²) in [5.74, 6) is -0.113. The van der Waals surface area contributed by atoms with Gasteiger partial charge in [0.2, 0.25) is 0 Å². The molecule has 2 nitrogen and oxygen atoms in total. The number of benzene rings is 1. The summed E-state index contributed by atoms with van der Waals surface area (Å²) in [6.07, 6.45) is 4.36. The van der Waals surface area contributed by atoms with Crippen LogP contribution in [0.25, 0.3) is 0 Å². The quantitative estimate of drug-likeness (QED) is 0.613. The van der Waals surface area contributed by atoms with Crippen LogP contribution < -0.4 is 5.73 Å². The largest absolute Gasteiger partial charge is 0.398 e. The molecule has 1 fully saturated rings. The molecule has 84 valence electrons. The van der Waals surface area contributed by atoms with Crippen molar-refractivity contribution in [2.75, 3.05) is 5.73 Å². The van der Waals surface area contributed by atoms with Crippen molar-refractivity contribution in [3.63, 3.8) is 0 Å². The number of hydrogen-bond donors (Lipinski definition) is 1. The first-order valence-corrected chi connectivity index (χ1v) is 5.82. The SMILES string of the molecule is Nc1c(C(=O)C2CC2)cc(F)c2c1CCC2. The predicted octanol–water partition coefficient (Wildman–Crippen LogP) is 2.49. The first-order valence-electron chi connectivity index (χ1n) is 5.82. The van der Waals surface area contributed by atoms with E-state index in [2.05, 4.69) is 0 Å². The average molecular weight is 219 g/mol. The number of hydrogen-bond acceptors (Lipinski definition) is 2. The van der Waals surface area contributed by atoms with Crippen LogP contribution in [0, 0.1) is 11.7 Å². The van der Waals surface area contributed by atoms with Gasteiger partial charge in [-0.15, -0.1) is 0 Å². The second-order valence-electron chi connectivity index (χ2n) is 4.77. The van der Waals surface area contributed by atoms with E-state index in [9.17, 15) is 9.18 Å². The summed E-state index contributed by atoms with van der Waals surface area (Å²) < 4.78 is 13.8. The van der Waals surface area contributed by atoms with Crippen LogP contribution in [0.1, 0.15) is 40.7 Å². The molecule has 2 aliphatic carbocycles. The van der Waals surface area contributed by atoms with Gasteiger partial charge in [0.1, 0.15) is 5.82 Å². The van der Waals surface area contributed by atoms with Crippen molar-refractivity contribution in [1.29, 1.82) is 0 Å². The van der Waals surface area contributed by atoms with E-state index in [0.29, 0.717) is 11.3 Å². The molecule has 0 amide bonds.